The van der Waals surface area contributed by atoms with Crippen molar-refractivity contribution in [1.29, 1.82) is 0 Å². The Morgan fingerprint density at radius 1 is 1.36 bits per heavy atom. The van der Waals surface area contributed by atoms with E-state index in [1.165, 1.54) is 0 Å². The summed E-state index contributed by atoms with van der Waals surface area (Å²) in [6.45, 7) is 2.79. The van der Waals surface area contributed by atoms with Crippen LogP contribution in [0.1, 0.15) is 18.4 Å². The molecular weight excluding hydrogens is 263 g/mol. The van der Waals surface area contributed by atoms with Gasteiger partial charge in [-0.25, -0.2) is 0 Å². The summed E-state index contributed by atoms with van der Waals surface area (Å²) in [6.07, 6.45) is 2.02. The molecule has 0 heterocycles. The third kappa shape index (κ3) is 3.89. The van der Waals surface area contributed by atoms with Crippen molar-refractivity contribution < 1.29 is 4.74 Å². The van der Waals surface area contributed by atoms with E-state index < -0.39 is 0 Å². The molecule has 0 aromatic heterocycles. The van der Waals surface area contributed by atoms with E-state index in [1.54, 1.807) is 0 Å². The fraction of sp³-hybridized carbons (Fsp3) is 0.455. The highest BCUT2D eigenvalue weighted by Crippen LogP contribution is 2.22. The first-order valence-electron chi connectivity index (χ1n) is 4.69. The molecule has 14 heavy (non-hydrogen) atoms. The van der Waals surface area contributed by atoms with Gasteiger partial charge in [0, 0.05) is 10.4 Å². The van der Waals surface area contributed by atoms with Crippen molar-refractivity contribution in [2.24, 2.45) is 0 Å². The molecule has 0 spiro atoms. The lowest BCUT2D eigenvalue weighted by Crippen LogP contribution is -1.98. The largest absolute Gasteiger partial charge is 0.493 e. The van der Waals surface area contributed by atoms with Crippen molar-refractivity contribution in [1.82, 2.24) is 0 Å². The van der Waals surface area contributed by atoms with Crippen molar-refractivity contribution in [2.75, 3.05) is 12.5 Å². The smallest absolute Gasteiger partial charge is 0.122 e. The number of hydrogen-bond donors (Lipinski definition) is 0. The highest BCUT2D eigenvalue weighted by molar-refractivity contribution is 9.10. The summed E-state index contributed by atoms with van der Waals surface area (Å²) in [5, 5.41) is 0. The maximum absolute atomic E-state index is 5.61. The molecule has 78 valence electrons. The Morgan fingerprint density at radius 2 is 2.14 bits per heavy atom. The number of rotatable bonds is 5. The standard InChI is InChI=1S/C11H14BrClO/c1-9-8-10(12)4-5-11(9)14-7-3-2-6-13/h4-5,8H,2-3,6-7H2,1H3. The van der Waals surface area contributed by atoms with Crippen molar-refractivity contribution in [3.8, 4) is 5.75 Å². The van der Waals surface area contributed by atoms with Crippen LogP contribution in [0, 0.1) is 6.92 Å². The molecule has 0 fully saturated rings. The minimum atomic E-state index is 0.711. The van der Waals surface area contributed by atoms with Gasteiger partial charge in [0.1, 0.15) is 5.75 Å². The van der Waals surface area contributed by atoms with Gasteiger partial charge < -0.3 is 4.74 Å². The first-order chi connectivity index (χ1) is 6.74. The highest BCUT2D eigenvalue weighted by Gasteiger charge is 1.99. The zero-order chi connectivity index (χ0) is 10.4. The molecule has 0 amide bonds. The second kappa shape index (κ2) is 6.31. The van der Waals surface area contributed by atoms with Crippen LogP contribution in [0.4, 0.5) is 0 Å². The predicted molar refractivity (Wildman–Crippen MR) is 64.3 cm³/mol. The number of halogens is 2. The van der Waals surface area contributed by atoms with E-state index in [0.717, 1.165) is 35.2 Å². The Kier molecular flexibility index (Phi) is 5.34. The minimum absolute atomic E-state index is 0.711. The Bertz CT molecular complexity index is 289. The summed E-state index contributed by atoms with van der Waals surface area (Å²) in [4.78, 5) is 0. The number of hydrogen-bond acceptors (Lipinski definition) is 1. The molecule has 0 aliphatic carbocycles. The summed E-state index contributed by atoms with van der Waals surface area (Å²) in [7, 11) is 0. The number of unbranched alkanes of at least 4 members (excludes halogenated alkanes) is 1. The van der Waals surface area contributed by atoms with Gasteiger partial charge >= 0.3 is 0 Å². The first-order valence-corrected chi connectivity index (χ1v) is 6.01. The molecule has 0 radical (unpaired) electrons. The predicted octanol–water partition coefficient (Wildman–Crippen LogP) is 4.16. The summed E-state index contributed by atoms with van der Waals surface area (Å²) < 4.78 is 6.70. The number of alkyl halides is 1. The molecule has 1 aromatic carbocycles. The SMILES string of the molecule is Cc1cc(Br)ccc1OCCCCCl. The molecule has 1 nitrogen and oxygen atoms in total. The van der Waals surface area contributed by atoms with Crippen molar-refractivity contribution in [3.05, 3.63) is 28.2 Å². The normalized spacial score (nSPS) is 10.2. The lowest BCUT2D eigenvalue weighted by molar-refractivity contribution is 0.307. The molecule has 0 aliphatic heterocycles. The monoisotopic (exact) mass is 276 g/mol. The second-order valence-electron chi connectivity index (χ2n) is 3.15. The van der Waals surface area contributed by atoms with Gasteiger partial charge in [-0.2, -0.15) is 0 Å². The zero-order valence-electron chi connectivity index (χ0n) is 8.22. The van der Waals surface area contributed by atoms with E-state index in [1.807, 2.05) is 19.1 Å². The average Bonchev–Trinajstić information content (AvgIpc) is 2.15. The highest BCUT2D eigenvalue weighted by atomic mass is 79.9. The number of benzene rings is 1. The molecule has 0 saturated carbocycles. The van der Waals surface area contributed by atoms with Crippen molar-refractivity contribution in [3.63, 3.8) is 0 Å². The quantitative estimate of drug-likeness (QED) is 0.580. The molecular formula is C11H14BrClO. The molecule has 0 bridgehead atoms. The van der Waals surface area contributed by atoms with Crippen LogP contribution in [0.2, 0.25) is 0 Å². The Labute approximate surface area is 98.5 Å². The lowest BCUT2D eigenvalue weighted by atomic mass is 10.2. The van der Waals surface area contributed by atoms with E-state index >= 15 is 0 Å². The zero-order valence-corrected chi connectivity index (χ0v) is 10.6. The molecule has 0 N–H and O–H groups in total. The third-order valence-electron chi connectivity index (χ3n) is 1.92. The summed E-state index contributed by atoms with van der Waals surface area (Å²) in [5.74, 6) is 1.67. The lowest BCUT2D eigenvalue weighted by Gasteiger charge is -2.08. The Morgan fingerprint density at radius 3 is 2.79 bits per heavy atom. The third-order valence-corrected chi connectivity index (χ3v) is 2.68. The van der Waals surface area contributed by atoms with E-state index in [2.05, 4.69) is 22.0 Å². The fourth-order valence-corrected chi connectivity index (χ4v) is 1.82. The molecule has 3 heteroatoms. The minimum Gasteiger partial charge on any atom is -0.493 e. The van der Waals surface area contributed by atoms with Gasteiger partial charge in [-0.15, -0.1) is 11.6 Å². The van der Waals surface area contributed by atoms with Gasteiger partial charge in [-0.3, -0.25) is 0 Å². The van der Waals surface area contributed by atoms with Crippen LogP contribution in [-0.4, -0.2) is 12.5 Å². The van der Waals surface area contributed by atoms with Gasteiger partial charge in [-0.1, -0.05) is 15.9 Å². The van der Waals surface area contributed by atoms with Crippen LogP contribution < -0.4 is 4.74 Å². The summed E-state index contributed by atoms with van der Waals surface area (Å²) in [6, 6.07) is 6.03. The van der Waals surface area contributed by atoms with Gasteiger partial charge in [0.2, 0.25) is 0 Å². The van der Waals surface area contributed by atoms with Gasteiger partial charge in [-0.05, 0) is 43.5 Å². The number of ether oxygens (including phenoxy) is 1. The molecule has 0 unspecified atom stereocenters. The van der Waals surface area contributed by atoms with Gasteiger partial charge in [0.15, 0.2) is 0 Å². The average molecular weight is 278 g/mol. The molecule has 0 aliphatic rings. The maximum Gasteiger partial charge on any atom is 0.122 e. The van der Waals surface area contributed by atoms with Crippen LogP contribution in [0.5, 0.6) is 5.75 Å². The van der Waals surface area contributed by atoms with E-state index in [4.69, 9.17) is 16.3 Å². The second-order valence-corrected chi connectivity index (χ2v) is 4.45. The fourth-order valence-electron chi connectivity index (χ4n) is 1.15. The van der Waals surface area contributed by atoms with E-state index in [9.17, 15) is 0 Å². The first kappa shape index (κ1) is 11.9. The number of aryl methyl sites for hydroxylation is 1. The van der Waals surface area contributed by atoms with Crippen LogP contribution >= 0.6 is 27.5 Å². The van der Waals surface area contributed by atoms with Crippen LogP contribution in [0.15, 0.2) is 22.7 Å². The van der Waals surface area contributed by atoms with Crippen LogP contribution in [0.3, 0.4) is 0 Å². The van der Waals surface area contributed by atoms with Crippen LogP contribution in [-0.2, 0) is 0 Å². The van der Waals surface area contributed by atoms with Gasteiger partial charge in [0.25, 0.3) is 0 Å². The Hall–Kier alpha value is -0.210. The topological polar surface area (TPSA) is 9.23 Å². The molecule has 1 rings (SSSR count). The van der Waals surface area contributed by atoms with Gasteiger partial charge in [0.05, 0.1) is 6.61 Å². The maximum atomic E-state index is 5.61. The molecule has 0 saturated heterocycles. The molecule has 0 atom stereocenters. The van der Waals surface area contributed by atoms with E-state index in [-0.39, 0.29) is 0 Å². The van der Waals surface area contributed by atoms with Crippen LogP contribution in [0.25, 0.3) is 0 Å². The van der Waals surface area contributed by atoms with Crippen molar-refractivity contribution >= 4 is 27.5 Å². The summed E-state index contributed by atoms with van der Waals surface area (Å²) >= 11 is 8.99. The Balaban J connectivity index is 2.42. The van der Waals surface area contributed by atoms with Crippen molar-refractivity contribution in [2.45, 2.75) is 19.8 Å². The summed E-state index contributed by atoms with van der Waals surface area (Å²) in [5.41, 5.74) is 1.16. The molecule has 1 aromatic rings. The van der Waals surface area contributed by atoms with E-state index in [0.29, 0.717) is 5.88 Å².